The van der Waals surface area contributed by atoms with Crippen molar-refractivity contribution in [1.82, 2.24) is 25.1 Å². The third kappa shape index (κ3) is 6.00. The molecule has 1 saturated heterocycles. The smallest absolute Gasteiger partial charge is 0.173 e. The molecule has 0 saturated carbocycles. The van der Waals surface area contributed by atoms with Crippen LogP contribution in [-0.4, -0.2) is 44.0 Å². The number of piperidine rings is 1. The van der Waals surface area contributed by atoms with Gasteiger partial charge in [-0.3, -0.25) is 14.9 Å². The van der Waals surface area contributed by atoms with Gasteiger partial charge >= 0.3 is 0 Å². The normalized spacial score (nSPS) is 13.8. The van der Waals surface area contributed by atoms with Crippen molar-refractivity contribution in [3.05, 3.63) is 102 Å². The number of pyridine rings is 1. The van der Waals surface area contributed by atoms with Crippen molar-refractivity contribution in [2.45, 2.75) is 19.3 Å². The van der Waals surface area contributed by atoms with Crippen molar-refractivity contribution >= 4 is 56.0 Å². The first kappa shape index (κ1) is 27.2. The van der Waals surface area contributed by atoms with Gasteiger partial charge in [-0.05, 0) is 66.1 Å². The van der Waals surface area contributed by atoms with E-state index in [1.165, 1.54) is 0 Å². The number of Topliss-reactive ketones (excluding diaryl/α,β-unsaturated/α-hetero) is 1. The Hall–Kier alpha value is -4.60. The van der Waals surface area contributed by atoms with Crippen molar-refractivity contribution < 1.29 is 4.79 Å². The van der Waals surface area contributed by atoms with E-state index in [0.29, 0.717) is 29.0 Å². The predicted molar refractivity (Wildman–Crippen MR) is 173 cm³/mol. The average molecular weight is 606 g/mol. The zero-order chi connectivity index (χ0) is 29.2. The number of nitrogens with one attached hydrogen (secondary N) is 2. The Morgan fingerprint density at radius 2 is 1.81 bits per heavy atom. The molecule has 0 unspecified atom stereocenters. The van der Waals surface area contributed by atoms with E-state index < -0.39 is 0 Å². The SMILES string of the molecule is O=C(CC1CCN(c2ccncc2Cl)CC1)c1cc2ccc(-c3nccc(Nc4ccc(-c5cn[nH]c5)cc4)n3)cc2s1. The van der Waals surface area contributed by atoms with E-state index >= 15 is 0 Å². The lowest BCUT2D eigenvalue weighted by Crippen LogP contribution is -2.34. The molecule has 0 bridgehead atoms. The Morgan fingerprint density at radius 1 is 0.977 bits per heavy atom. The summed E-state index contributed by atoms with van der Waals surface area (Å²) in [6.45, 7) is 1.78. The van der Waals surface area contributed by atoms with Crippen molar-refractivity contribution in [1.29, 1.82) is 0 Å². The van der Waals surface area contributed by atoms with Crippen LogP contribution in [0.3, 0.4) is 0 Å². The topological polar surface area (TPSA) is 99.7 Å². The molecule has 1 aliphatic heterocycles. The third-order valence-corrected chi connectivity index (χ3v) is 9.31. The summed E-state index contributed by atoms with van der Waals surface area (Å²) in [5.41, 5.74) is 4.99. The van der Waals surface area contributed by atoms with E-state index in [0.717, 1.165) is 69.0 Å². The van der Waals surface area contributed by atoms with Crippen LogP contribution in [0, 0.1) is 5.92 Å². The Balaban J connectivity index is 1.01. The van der Waals surface area contributed by atoms with Crippen LogP contribution in [0.15, 0.2) is 91.6 Å². The van der Waals surface area contributed by atoms with Gasteiger partial charge in [0.05, 0.1) is 21.8 Å². The van der Waals surface area contributed by atoms with Crippen molar-refractivity contribution in [2.75, 3.05) is 23.3 Å². The lowest BCUT2D eigenvalue weighted by Gasteiger charge is -2.33. The molecule has 43 heavy (non-hydrogen) atoms. The number of hydrogen-bond acceptors (Lipinski definition) is 8. The number of thiophene rings is 1. The van der Waals surface area contributed by atoms with Crippen molar-refractivity contribution in [3.63, 3.8) is 0 Å². The molecule has 0 atom stereocenters. The minimum absolute atomic E-state index is 0.212. The number of nitrogens with zero attached hydrogens (tertiary/aromatic N) is 5. The van der Waals surface area contributed by atoms with Gasteiger partial charge in [0.1, 0.15) is 5.82 Å². The quantitative estimate of drug-likeness (QED) is 0.169. The second kappa shape index (κ2) is 11.9. The van der Waals surface area contributed by atoms with E-state index in [2.05, 4.69) is 36.4 Å². The average Bonchev–Trinajstić information content (AvgIpc) is 3.73. The van der Waals surface area contributed by atoms with E-state index in [9.17, 15) is 4.79 Å². The van der Waals surface area contributed by atoms with Gasteiger partial charge in [-0.25, -0.2) is 9.97 Å². The summed E-state index contributed by atoms with van der Waals surface area (Å²) < 4.78 is 1.06. The number of ketones is 1. The molecule has 4 aromatic heterocycles. The summed E-state index contributed by atoms with van der Waals surface area (Å²) in [7, 11) is 0. The zero-order valence-corrected chi connectivity index (χ0v) is 24.8. The highest BCUT2D eigenvalue weighted by Crippen LogP contribution is 2.34. The highest BCUT2D eigenvalue weighted by Gasteiger charge is 2.24. The highest BCUT2D eigenvalue weighted by molar-refractivity contribution is 7.20. The van der Waals surface area contributed by atoms with Crippen LogP contribution < -0.4 is 10.2 Å². The molecule has 2 N–H and O–H groups in total. The zero-order valence-electron chi connectivity index (χ0n) is 23.2. The molecule has 214 valence electrons. The fourth-order valence-corrected chi connectivity index (χ4v) is 6.83. The van der Waals surface area contributed by atoms with Crippen LogP contribution in [0.1, 0.15) is 28.9 Å². The number of anilines is 3. The molecule has 5 heterocycles. The summed E-state index contributed by atoms with van der Waals surface area (Å²) in [6.07, 6.45) is 11.4. The first-order chi connectivity index (χ1) is 21.1. The molecule has 8 nitrogen and oxygen atoms in total. The molecular weight excluding hydrogens is 578 g/mol. The van der Waals surface area contributed by atoms with E-state index in [4.69, 9.17) is 16.6 Å². The van der Waals surface area contributed by atoms with Crippen LogP contribution >= 0.6 is 22.9 Å². The molecule has 2 aromatic carbocycles. The van der Waals surface area contributed by atoms with Crippen LogP contribution in [0.5, 0.6) is 0 Å². The first-order valence-corrected chi connectivity index (χ1v) is 15.4. The molecular formula is C33H28ClN7OS. The summed E-state index contributed by atoms with van der Waals surface area (Å²) in [4.78, 5) is 29.7. The predicted octanol–water partition coefficient (Wildman–Crippen LogP) is 8.03. The van der Waals surface area contributed by atoms with Gasteiger partial charge in [0, 0.05) is 65.8 Å². The standard InChI is InChI=1S/C33H28ClN7OS/c34-27-20-35-11-7-28(27)41-13-9-21(10-14-41)15-29(42)31-16-23-1-2-24(17-30(23)43-31)33-36-12-8-32(40-33)39-26-5-3-22(4-6-26)25-18-37-38-19-25/h1-8,11-12,16-21H,9-10,13-15H2,(H,37,38)(H,36,39,40). The van der Waals surface area contributed by atoms with Gasteiger partial charge < -0.3 is 10.2 Å². The number of rotatable bonds is 8. The second-order valence-corrected chi connectivity index (χ2v) is 12.2. The number of hydrogen-bond donors (Lipinski definition) is 2. The van der Waals surface area contributed by atoms with Gasteiger partial charge in [0.25, 0.3) is 0 Å². The highest BCUT2D eigenvalue weighted by atomic mass is 35.5. The van der Waals surface area contributed by atoms with Gasteiger partial charge in [0.2, 0.25) is 0 Å². The molecule has 0 amide bonds. The number of H-pyrrole nitrogens is 1. The molecule has 7 rings (SSSR count). The maximum Gasteiger partial charge on any atom is 0.173 e. The first-order valence-electron chi connectivity index (χ1n) is 14.2. The van der Waals surface area contributed by atoms with Gasteiger partial charge in [-0.2, -0.15) is 5.10 Å². The van der Waals surface area contributed by atoms with Crippen LogP contribution in [-0.2, 0) is 0 Å². The fourth-order valence-electron chi connectivity index (χ4n) is 5.54. The molecule has 0 radical (unpaired) electrons. The Morgan fingerprint density at radius 3 is 2.60 bits per heavy atom. The number of carbonyl (C=O) groups is 1. The Labute approximate surface area is 257 Å². The van der Waals surface area contributed by atoms with Crippen molar-refractivity contribution in [2.24, 2.45) is 5.92 Å². The number of carbonyl (C=O) groups excluding carboxylic acids is 1. The van der Waals surface area contributed by atoms with Gasteiger partial charge in [-0.1, -0.05) is 35.9 Å². The Kier molecular flexibility index (Phi) is 7.57. The van der Waals surface area contributed by atoms with E-state index in [1.54, 1.807) is 36.1 Å². The van der Waals surface area contributed by atoms with Gasteiger partial charge in [0.15, 0.2) is 11.6 Å². The van der Waals surface area contributed by atoms with E-state index in [1.807, 2.05) is 60.8 Å². The maximum absolute atomic E-state index is 13.3. The number of halogens is 1. The maximum atomic E-state index is 13.3. The minimum Gasteiger partial charge on any atom is -0.370 e. The summed E-state index contributed by atoms with van der Waals surface area (Å²) in [6, 6.07) is 20.1. The number of aromatic amines is 1. The van der Waals surface area contributed by atoms with Crippen LogP contribution in [0.2, 0.25) is 5.02 Å². The Bertz CT molecular complexity index is 1880. The molecule has 0 spiro atoms. The number of benzene rings is 2. The summed E-state index contributed by atoms with van der Waals surface area (Å²) in [5.74, 6) is 1.92. The minimum atomic E-state index is 0.212. The number of aromatic nitrogens is 5. The molecule has 1 aliphatic rings. The summed E-state index contributed by atoms with van der Waals surface area (Å²) in [5, 5.41) is 12.0. The van der Waals surface area contributed by atoms with Gasteiger partial charge in [-0.15, -0.1) is 11.3 Å². The van der Waals surface area contributed by atoms with Crippen molar-refractivity contribution in [3.8, 4) is 22.5 Å². The van der Waals surface area contributed by atoms with E-state index in [-0.39, 0.29) is 5.78 Å². The lowest BCUT2D eigenvalue weighted by atomic mass is 9.91. The largest absolute Gasteiger partial charge is 0.370 e. The second-order valence-electron chi connectivity index (χ2n) is 10.7. The molecule has 10 heteroatoms. The van der Waals surface area contributed by atoms with Crippen LogP contribution in [0.25, 0.3) is 32.6 Å². The molecule has 1 fully saturated rings. The lowest BCUT2D eigenvalue weighted by molar-refractivity contribution is 0.0958. The summed E-state index contributed by atoms with van der Waals surface area (Å²) >= 11 is 7.88. The number of fused-ring (bicyclic) bond motifs is 1. The fraction of sp³-hybridized carbons (Fsp3) is 0.182. The van der Waals surface area contributed by atoms with Crippen LogP contribution in [0.4, 0.5) is 17.2 Å². The molecule has 0 aliphatic carbocycles. The monoisotopic (exact) mass is 605 g/mol. The molecule has 6 aromatic rings. The third-order valence-electron chi connectivity index (χ3n) is 7.88.